The van der Waals surface area contributed by atoms with Crippen LogP contribution in [0.4, 0.5) is 4.39 Å². The Morgan fingerprint density at radius 1 is 1.37 bits per heavy atom. The molecule has 0 aromatic carbocycles. The fourth-order valence-corrected chi connectivity index (χ4v) is 3.98. The van der Waals surface area contributed by atoms with E-state index in [9.17, 15) is 12.8 Å². The van der Waals surface area contributed by atoms with Crippen molar-refractivity contribution in [2.24, 2.45) is 11.3 Å². The van der Waals surface area contributed by atoms with Crippen molar-refractivity contribution < 1.29 is 12.8 Å². The average molecular weight is 287 g/mol. The van der Waals surface area contributed by atoms with E-state index in [1.54, 1.807) is 13.0 Å². The minimum atomic E-state index is -3.36. The largest absolute Gasteiger partial charge is 0.228 e. The summed E-state index contributed by atoms with van der Waals surface area (Å²) in [6, 6.07) is 1.54. The van der Waals surface area contributed by atoms with Gasteiger partial charge in [-0.25, -0.2) is 13.4 Å². The standard InChI is InChI=1S/C14H22FNO2S/c1-10(2)14(4,5)9-19(17,18)8-12-6-11(3)7-16-13(12)15/h6-7,10H,8-9H2,1-5H3. The van der Waals surface area contributed by atoms with E-state index in [1.165, 1.54) is 6.20 Å². The van der Waals surface area contributed by atoms with Gasteiger partial charge in [-0.2, -0.15) is 4.39 Å². The van der Waals surface area contributed by atoms with Gasteiger partial charge in [-0.05, 0) is 29.9 Å². The van der Waals surface area contributed by atoms with E-state index in [4.69, 9.17) is 0 Å². The smallest absolute Gasteiger partial charge is 0.217 e. The van der Waals surface area contributed by atoms with Gasteiger partial charge in [-0.15, -0.1) is 0 Å². The highest BCUT2D eigenvalue weighted by molar-refractivity contribution is 7.90. The molecule has 0 saturated heterocycles. The van der Waals surface area contributed by atoms with Gasteiger partial charge in [0.05, 0.1) is 11.5 Å². The van der Waals surface area contributed by atoms with Crippen LogP contribution in [-0.4, -0.2) is 19.2 Å². The number of nitrogens with zero attached hydrogens (tertiary/aromatic N) is 1. The molecule has 19 heavy (non-hydrogen) atoms. The van der Waals surface area contributed by atoms with Crippen LogP contribution in [0.3, 0.4) is 0 Å². The number of hydrogen-bond donors (Lipinski definition) is 0. The molecule has 1 heterocycles. The molecule has 0 N–H and O–H groups in total. The van der Waals surface area contributed by atoms with Gasteiger partial charge >= 0.3 is 0 Å². The van der Waals surface area contributed by atoms with Crippen molar-refractivity contribution in [3.8, 4) is 0 Å². The first-order valence-corrected chi connectivity index (χ1v) is 8.17. The maximum absolute atomic E-state index is 13.5. The molecule has 0 spiro atoms. The predicted octanol–water partition coefficient (Wildman–Crippen LogP) is 3.13. The van der Waals surface area contributed by atoms with Crippen molar-refractivity contribution in [1.82, 2.24) is 4.98 Å². The highest BCUT2D eigenvalue weighted by atomic mass is 32.2. The molecule has 0 aliphatic carbocycles. The van der Waals surface area contributed by atoms with Crippen LogP contribution in [-0.2, 0) is 15.6 Å². The summed E-state index contributed by atoms with van der Waals surface area (Å²) in [5.41, 5.74) is 0.585. The van der Waals surface area contributed by atoms with Crippen LogP contribution in [0.1, 0.15) is 38.8 Å². The van der Waals surface area contributed by atoms with Gasteiger partial charge in [0.1, 0.15) is 0 Å². The van der Waals surface area contributed by atoms with Gasteiger partial charge in [-0.1, -0.05) is 27.7 Å². The molecule has 3 nitrogen and oxygen atoms in total. The third-order valence-corrected chi connectivity index (χ3v) is 5.51. The lowest BCUT2D eigenvalue weighted by Gasteiger charge is -2.28. The van der Waals surface area contributed by atoms with Crippen molar-refractivity contribution in [2.45, 2.75) is 40.4 Å². The van der Waals surface area contributed by atoms with Crippen LogP contribution in [0.5, 0.6) is 0 Å². The third-order valence-electron chi connectivity index (χ3n) is 3.58. The number of rotatable bonds is 5. The quantitative estimate of drug-likeness (QED) is 0.782. The van der Waals surface area contributed by atoms with Crippen molar-refractivity contribution >= 4 is 9.84 Å². The summed E-state index contributed by atoms with van der Waals surface area (Å²) in [7, 11) is -3.36. The van der Waals surface area contributed by atoms with E-state index in [0.717, 1.165) is 5.56 Å². The maximum Gasteiger partial charge on any atom is 0.217 e. The summed E-state index contributed by atoms with van der Waals surface area (Å²) in [5, 5.41) is 0. The second-order valence-electron chi connectivity index (χ2n) is 6.14. The first-order valence-electron chi connectivity index (χ1n) is 6.35. The highest BCUT2D eigenvalue weighted by Crippen LogP contribution is 2.29. The molecule has 0 saturated carbocycles. The molecular formula is C14H22FNO2S. The van der Waals surface area contributed by atoms with Crippen LogP contribution in [0.2, 0.25) is 0 Å². The number of hydrogen-bond acceptors (Lipinski definition) is 3. The second kappa shape index (κ2) is 5.57. The fourth-order valence-electron chi connectivity index (χ4n) is 1.74. The highest BCUT2D eigenvalue weighted by Gasteiger charge is 2.30. The van der Waals surface area contributed by atoms with E-state index in [0.29, 0.717) is 0 Å². The van der Waals surface area contributed by atoms with Crippen LogP contribution in [0.15, 0.2) is 12.3 Å². The Morgan fingerprint density at radius 2 is 1.95 bits per heavy atom. The Kier molecular flexibility index (Phi) is 4.72. The van der Waals surface area contributed by atoms with E-state index in [2.05, 4.69) is 4.98 Å². The van der Waals surface area contributed by atoms with Crippen molar-refractivity contribution in [3.05, 3.63) is 29.3 Å². The molecule has 5 heteroatoms. The normalized spacial score (nSPS) is 13.0. The molecule has 1 rings (SSSR count). The number of aryl methyl sites for hydroxylation is 1. The summed E-state index contributed by atoms with van der Waals surface area (Å²) in [4.78, 5) is 3.56. The summed E-state index contributed by atoms with van der Waals surface area (Å²) in [5.74, 6) is -0.700. The summed E-state index contributed by atoms with van der Waals surface area (Å²) >= 11 is 0. The van der Waals surface area contributed by atoms with Crippen LogP contribution in [0.25, 0.3) is 0 Å². The Bertz CT molecular complexity index is 551. The van der Waals surface area contributed by atoms with E-state index in [1.807, 2.05) is 27.7 Å². The molecule has 0 bridgehead atoms. The van der Waals surface area contributed by atoms with Crippen LogP contribution >= 0.6 is 0 Å². The van der Waals surface area contributed by atoms with Gasteiger partial charge in [0.2, 0.25) is 5.95 Å². The third kappa shape index (κ3) is 4.56. The number of halogens is 1. The second-order valence-corrected chi connectivity index (χ2v) is 8.20. The summed E-state index contributed by atoms with van der Waals surface area (Å²) < 4.78 is 37.9. The maximum atomic E-state index is 13.5. The van der Waals surface area contributed by atoms with Crippen LogP contribution in [0, 0.1) is 24.2 Å². The Labute approximate surface area is 115 Å². The zero-order valence-electron chi connectivity index (χ0n) is 12.2. The van der Waals surface area contributed by atoms with Crippen LogP contribution < -0.4 is 0 Å². The zero-order chi connectivity index (χ0) is 14.8. The topological polar surface area (TPSA) is 47.0 Å². The molecule has 0 aliphatic heterocycles. The SMILES string of the molecule is Cc1cnc(F)c(CS(=O)(=O)CC(C)(C)C(C)C)c1. The number of pyridine rings is 1. The monoisotopic (exact) mass is 287 g/mol. The minimum absolute atomic E-state index is 0.0467. The number of aromatic nitrogens is 1. The van der Waals surface area contributed by atoms with Crippen molar-refractivity contribution in [3.63, 3.8) is 0 Å². The van der Waals surface area contributed by atoms with Crippen molar-refractivity contribution in [2.75, 3.05) is 5.75 Å². The predicted molar refractivity (Wildman–Crippen MR) is 75.0 cm³/mol. The van der Waals surface area contributed by atoms with Gasteiger partial charge < -0.3 is 0 Å². The molecule has 0 radical (unpaired) electrons. The molecule has 1 aromatic rings. The number of sulfone groups is 1. The van der Waals surface area contributed by atoms with Gasteiger partial charge in [0, 0.05) is 11.8 Å². The Hall–Kier alpha value is -0.970. The molecule has 108 valence electrons. The fraction of sp³-hybridized carbons (Fsp3) is 0.643. The molecule has 0 atom stereocenters. The van der Waals surface area contributed by atoms with E-state index < -0.39 is 15.8 Å². The van der Waals surface area contributed by atoms with Gasteiger partial charge in [0.15, 0.2) is 9.84 Å². The molecule has 0 aliphatic rings. The molecule has 0 amide bonds. The van der Waals surface area contributed by atoms with E-state index in [-0.39, 0.29) is 28.4 Å². The Balaban J connectivity index is 2.95. The Morgan fingerprint density at radius 3 is 2.47 bits per heavy atom. The molecule has 1 aromatic heterocycles. The lowest BCUT2D eigenvalue weighted by Crippen LogP contribution is -2.30. The lowest BCUT2D eigenvalue weighted by atomic mass is 9.83. The van der Waals surface area contributed by atoms with Gasteiger partial charge in [0.25, 0.3) is 0 Å². The summed E-state index contributed by atoms with van der Waals surface area (Å²) in [6.45, 7) is 9.58. The first kappa shape index (κ1) is 16.1. The lowest BCUT2D eigenvalue weighted by molar-refractivity contribution is 0.286. The molecule has 0 fully saturated rings. The van der Waals surface area contributed by atoms with Gasteiger partial charge in [-0.3, -0.25) is 0 Å². The molecular weight excluding hydrogens is 265 g/mol. The average Bonchev–Trinajstić information content (AvgIpc) is 2.21. The molecule has 0 unspecified atom stereocenters. The first-order chi connectivity index (χ1) is 8.53. The van der Waals surface area contributed by atoms with E-state index >= 15 is 0 Å². The minimum Gasteiger partial charge on any atom is -0.228 e. The van der Waals surface area contributed by atoms with Crippen molar-refractivity contribution in [1.29, 1.82) is 0 Å². The summed E-state index contributed by atoms with van der Waals surface area (Å²) in [6.07, 6.45) is 1.39. The zero-order valence-corrected chi connectivity index (χ0v) is 13.0.